The van der Waals surface area contributed by atoms with Crippen LogP contribution in [0.5, 0.6) is 0 Å². The minimum atomic E-state index is -0.314. The lowest BCUT2D eigenvalue weighted by molar-refractivity contribution is -0.125. The van der Waals surface area contributed by atoms with Crippen LogP contribution in [0.2, 0.25) is 0 Å². The van der Waals surface area contributed by atoms with Crippen molar-refractivity contribution in [2.24, 2.45) is 0 Å². The van der Waals surface area contributed by atoms with Crippen molar-refractivity contribution in [3.63, 3.8) is 0 Å². The molecule has 0 fully saturated rings. The molecular formula is C23H26N2O4. The van der Waals surface area contributed by atoms with E-state index in [0.29, 0.717) is 17.8 Å². The molecule has 0 aliphatic carbocycles. The molecule has 0 aliphatic rings. The van der Waals surface area contributed by atoms with Gasteiger partial charge in [0, 0.05) is 11.4 Å². The molecule has 0 heterocycles. The van der Waals surface area contributed by atoms with Gasteiger partial charge in [0.15, 0.2) is 0 Å². The molecule has 0 aromatic heterocycles. The first kappa shape index (κ1) is 22.0. The molecule has 0 spiro atoms. The van der Waals surface area contributed by atoms with Crippen molar-refractivity contribution in [3.05, 3.63) is 58.7 Å². The average Bonchev–Trinajstić information content (AvgIpc) is 2.58. The number of rotatable bonds is 8. The van der Waals surface area contributed by atoms with E-state index in [2.05, 4.69) is 10.6 Å². The van der Waals surface area contributed by atoms with Gasteiger partial charge in [0.2, 0.25) is 11.8 Å². The number of hydrogen-bond acceptors (Lipinski definition) is 4. The first-order valence-electron chi connectivity index (χ1n) is 9.41. The molecule has 0 aliphatic heterocycles. The largest absolute Gasteiger partial charge is 0.325 e. The van der Waals surface area contributed by atoms with E-state index in [1.165, 1.54) is 13.8 Å². The zero-order valence-electron chi connectivity index (χ0n) is 17.2. The van der Waals surface area contributed by atoms with E-state index in [-0.39, 0.29) is 36.2 Å². The van der Waals surface area contributed by atoms with E-state index in [1.54, 1.807) is 0 Å². The molecule has 0 atom stereocenters. The van der Waals surface area contributed by atoms with E-state index in [9.17, 15) is 19.2 Å². The molecule has 2 aromatic rings. The summed E-state index contributed by atoms with van der Waals surface area (Å²) >= 11 is 0. The molecule has 0 radical (unpaired) electrons. The van der Waals surface area contributed by atoms with E-state index in [0.717, 1.165) is 22.3 Å². The maximum Gasteiger partial charge on any atom is 0.231 e. The minimum absolute atomic E-state index is 0.129. The Morgan fingerprint density at radius 3 is 1.38 bits per heavy atom. The van der Waals surface area contributed by atoms with Crippen molar-refractivity contribution in [1.82, 2.24) is 0 Å². The average molecular weight is 394 g/mol. The predicted octanol–water partition coefficient (Wildman–Crippen LogP) is 3.73. The van der Waals surface area contributed by atoms with Crippen LogP contribution in [-0.2, 0) is 25.6 Å². The van der Waals surface area contributed by atoms with Gasteiger partial charge in [-0.15, -0.1) is 0 Å². The maximum atomic E-state index is 11.8. The number of hydrogen-bond donors (Lipinski definition) is 2. The zero-order valence-corrected chi connectivity index (χ0v) is 17.2. The van der Waals surface area contributed by atoms with Gasteiger partial charge in [-0.3, -0.25) is 19.2 Å². The van der Waals surface area contributed by atoms with Gasteiger partial charge in [-0.05, 0) is 68.5 Å². The van der Waals surface area contributed by atoms with E-state index >= 15 is 0 Å². The topological polar surface area (TPSA) is 92.3 Å². The Labute approximate surface area is 170 Å². The van der Waals surface area contributed by atoms with Gasteiger partial charge in [0.05, 0.1) is 12.8 Å². The minimum Gasteiger partial charge on any atom is -0.325 e. The summed E-state index contributed by atoms with van der Waals surface area (Å²) in [6.07, 6.45) is 0.441. The molecule has 2 aromatic carbocycles. The number of anilines is 2. The Morgan fingerprint density at radius 2 is 1.07 bits per heavy atom. The van der Waals surface area contributed by atoms with Crippen molar-refractivity contribution in [3.8, 4) is 0 Å². The third-order valence-corrected chi connectivity index (χ3v) is 4.36. The molecule has 152 valence electrons. The number of benzene rings is 2. The standard InChI is InChI=1S/C23H26N2O4/c1-14-9-18(5-7-20(14)24-22(28)11-16(3)26)13-19-6-8-21(15(2)10-19)25-23(29)12-17(4)27/h5-10H,11-13H2,1-4H3,(H,24,28)(H,25,29). The van der Waals surface area contributed by atoms with Crippen LogP contribution in [0, 0.1) is 13.8 Å². The van der Waals surface area contributed by atoms with Gasteiger partial charge in [-0.25, -0.2) is 0 Å². The SMILES string of the molecule is CC(=O)CC(=O)Nc1ccc(Cc2ccc(NC(=O)CC(C)=O)c(C)c2)cc1C. The molecular weight excluding hydrogens is 368 g/mol. The Morgan fingerprint density at radius 1 is 0.690 bits per heavy atom. The molecule has 6 nitrogen and oxygen atoms in total. The van der Waals surface area contributed by atoms with Gasteiger partial charge in [-0.1, -0.05) is 24.3 Å². The van der Waals surface area contributed by atoms with Crippen LogP contribution in [-0.4, -0.2) is 23.4 Å². The highest BCUT2D eigenvalue weighted by molar-refractivity contribution is 6.04. The van der Waals surface area contributed by atoms with E-state index in [1.807, 2.05) is 50.2 Å². The summed E-state index contributed by atoms with van der Waals surface area (Å²) < 4.78 is 0. The highest BCUT2D eigenvalue weighted by Crippen LogP contribution is 2.22. The van der Waals surface area contributed by atoms with E-state index < -0.39 is 0 Å². The summed E-state index contributed by atoms with van der Waals surface area (Å²) in [5.41, 5.74) is 5.40. The summed E-state index contributed by atoms with van der Waals surface area (Å²) in [6.45, 7) is 6.59. The quantitative estimate of drug-likeness (QED) is 0.667. The molecule has 2 amide bonds. The van der Waals surface area contributed by atoms with Crippen LogP contribution >= 0.6 is 0 Å². The van der Waals surface area contributed by atoms with Crippen molar-refractivity contribution in [2.45, 2.75) is 47.0 Å². The number of Topliss-reactive ketones (excluding diaryl/α,β-unsaturated/α-hetero) is 2. The fraction of sp³-hybridized carbons (Fsp3) is 0.304. The first-order valence-corrected chi connectivity index (χ1v) is 9.41. The van der Waals surface area contributed by atoms with Gasteiger partial charge >= 0.3 is 0 Å². The fourth-order valence-corrected chi connectivity index (χ4v) is 3.03. The summed E-state index contributed by atoms with van der Waals surface area (Å²) in [7, 11) is 0. The van der Waals surface area contributed by atoms with Crippen LogP contribution < -0.4 is 10.6 Å². The predicted molar refractivity (Wildman–Crippen MR) is 113 cm³/mol. The summed E-state index contributed by atoms with van der Waals surface area (Å²) in [5.74, 6) is -0.973. The van der Waals surface area contributed by atoms with Crippen LogP contribution in [0.15, 0.2) is 36.4 Å². The summed E-state index contributed by atoms with van der Waals surface area (Å²) in [5, 5.41) is 5.51. The van der Waals surface area contributed by atoms with Crippen LogP contribution in [0.1, 0.15) is 48.9 Å². The summed E-state index contributed by atoms with van der Waals surface area (Å²) in [6, 6.07) is 11.6. The second kappa shape index (κ2) is 9.78. The number of nitrogens with one attached hydrogen (secondary N) is 2. The van der Waals surface area contributed by atoms with Crippen LogP contribution in [0.4, 0.5) is 11.4 Å². The first-order chi connectivity index (χ1) is 13.6. The Balaban J connectivity index is 2.06. The van der Waals surface area contributed by atoms with Crippen LogP contribution in [0.25, 0.3) is 0 Å². The molecule has 29 heavy (non-hydrogen) atoms. The Kier molecular flexibility index (Phi) is 7.42. The second-order valence-corrected chi connectivity index (χ2v) is 7.33. The lowest BCUT2D eigenvalue weighted by atomic mass is 10.00. The number of carbonyl (C=O) groups excluding carboxylic acids is 4. The molecule has 2 N–H and O–H groups in total. The highest BCUT2D eigenvalue weighted by Gasteiger charge is 2.10. The lowest BCUT2D eigenvalue weighted by Gasteiger charge is -2.12. The molecule has 2 rings (SSSR count). The second-order valence-electron chi connectivity index (χ2n) is 7.33. The Bertz CT molecular complexity index is 886. The van der Waals surface area contributed by atoms with Crippen LogP contribution in [0.3, 0.4) is 0 Å². The molecule has 6 heteroatoms. The molecule has 0 saturated heterocycles. The fourth-order valence-electron chi connectivity index (χ4n) is 3.03. The van der Waals surface area contributed by atoms with Gasteiger partial charge in [0.25, 0.3) is 0 Å². The third kappa shape index (κ3) is 6.99. The highest BCUT2D eigenvalue weighted by atomic mass is 16.2. The molecule has 0 unspecified atom stereocenters. The smallest absolute Gasteiger partial charge is 0.231 e. The number of aryl methyl sites for hydroxylation is 2. The number of amides is 2. The monoisotopic (exact) mass is 394 g/mol. The van der Waals surface area contributed by atoms with Crippen molar-refractivity contribution in [1.29, 1.82) is 0 Å². The Hall–Kier alpha value is -3.28. The molecule has 0 saturated carbocycles. The number of carbonyl (C=O) groups is 4. The summed E-state index contributed by atoms with van der Waals surface area (Å²) in [4.78, 5) is 45.6. The number of ketones is 2. The maximum absolute atomic E-state index is 11.8. The van der Waals surface area contributed by atoms with Crippen molar-refractivity contribution >= 4 is 34.8 Å². The van der Waals surface area contributed by atoms with Gasteiger partial charge < -0.3 is 10.6 Å². The van der Waals surface area contributed by atoms with Crippen molar-refractivity contribution in [2.75, 3.05) is 10.6 Å². The van der Waals surface area contributed by atoms with Gasteiger partial charge in [-0.2, -0.15) is 0 Å². The van der Waals surface area contributed by atoms with Gasteiger partial charge in [0.1, 0.15) is 11.6 Å². The normalized spacial score (nSPS) is 10.3. The molecule has 0 bridgehead atoms. The van der Waals surface area contributed by atoms with Crippen molar-refractivity contribution < 1.29 is 19.2 Å². The lowest BCUT2D eigenvalue weighted by Crippen LogP contribution is -2.15. The zero-order chi connectivity index (χ0) is 21.6. The van der Waals surface area contributed by atoms with E-state index in [4.69, 9.17) is 0 Å². The third-order valence-electron chi connectivity index (χ3n) is 4.36.